The van der Waals surface area contributed by atoms with E-state index in [0.717, 1.165) is 30.6 Å². The van der Waals surface area contributed by atoms with Crippen molar-refractivity contribution in [1.82, 2.24) is 4.31 Å². The molecule has 1 aliphatic carbocycles. The number of carbonyl (C=O) groups is 1. The van der Waals surface area contributed by atoms with Gasteiger partial charge in [-0.05, 0) is 36.1 Å². The lowest BCUT2D eigenvalue weighted by Crippen LogP contribution is -2.46. The fraction of sp³-hybridized carbons (Fsp3) is 0.583. The molecule has 3 rings (SSSR count). The number of carbonyl (C=O) groups excluding carboxylic acids is 1. The molecule has 1 aliphatic heterocycles. The number of fused-ring (bicyclic) bond motifs is 1. The number of hydrogen-bond donors (Lipinski definition) is 1. The van der Waals surface area contributed by atoms with Gasteiger partial charge in [0.15, 0.2) is 4.21 Å². The van der Waals surface area contributed by atoms with Crippen molar-refractivity contribution in [2.24, 2.45) is 17.6 Å². The SMILES string of the molecule is NC(=O)[C@@H]1[C@H]2CCC[C@H]2CN1S(=O)(=O)c1sccc1Cl. The van der Waals surface area contributed by atoms with E-state index in [1.54, 1.807) is 11.4 Å². The summed E-state index contributed by atoms with van der Waals surface area (Å²) in [5.41, 5.74) is 5.46. The third-order valence-corrected chi connectivity index (χ3v) is 8.12. The molecule has 5 nitrogen and oxygen atoms in total. The van der Waals surface area contributed by atoms with Gasteiger partial charge in [-0.1, -0.05) is 18.0 Å². The molecule has 3 atom stereocenters. The highest BCUT2D eigenvalue weighted by Crippen LogP contribution is 2.45. The largest absolute Gasteiger partial charge is 0.368 e. The maximum Gasteiger partial charge on any atom is 0.254 e. The number of hydrogen-bond acceptors (Lipinski definition) is 4. The summed E-state index contributed by atoms with van der Waals surface area (Å²) < 4.78 is 26.8. The molecule has 1 aromatic rings. The molecule has 2 N–H and O–H groups in total. The molecule has 0 spiro atoms. The standard InChI is InChI=1S/C12H15ClN2O3S2/c13-9-4-5-19-12(9)20(17,18)15-6-7-2-1-3-8(7)10(15)11(14)16/h4-5,7-8,10H,1-3,6H2,(H2,14,16)/t7-,8-,10-/m0/s1. The molecule has 1 saturated carbocycles. The molecule has 2 fully saturated rings. The maximum absolute atomic E-state index is 12.7. The number of nitrogens with two attached hydrogens (primary N) is 1. The Labute approximate surface area is 126 Å². The average molecular weight is 335 g/mol. The lowest BCUT2D eigenvalue weighted by molar-refractivity contribution is -0.122. The topological polar surface area (TPSA) is 80.5 Å². The second-order valence-electron chi connectivity index (χ2n) is 5.33. The molecular weight excluding hydrogens is 320 g/mol. The molecular formula is C12H15ClN2O3S2. The fourth-order valence-electron chi connectivity index (χ4n) is 3.44. The van der Waals surface area contributed by atoms with E-state index in [2.05, 4.69) is 0 Å². The lowest BCUT2D eigenvalue weighted by Gasteiger charge is -2.24. The van der Waals surface area contributed by atoms with Crippen LogP contribution in [0.15, 0.2) is 15.7 Å². The van der Waals surface area contributed by atoms with E-state index in [9.17, 15) is 13.2 Å². The minimum atomic E-state index is -3.74. The van der Waals surface area contributed by atoms with Crippen LogP contribution in [0.5, 0.6) is 0 Å². The molecule has 1 aromatic heterocycles. The van der Waals surface area contributed by atoms with Crippen LogP contribution in [0.1, 0.15) is 19.3 Å². The van der Waals surface area contributed by atoms with Crippen molar-refractivity contribution in [1.29, 1.82) is 0 Å². The third-order valence-electron chi connectivity index (χ3n) is 4.27. The minimum absolute atomic E-state index is 0.0565. The van der Waals surface area contributed by atoms with Crippen molar-refractivity contribution in [2.75, 3.05) is 6.54 Å². The van der Waals surface area contributed by atoms with E-state index < -0.39 is 22.0 Å². The van der Waals surface area contributed by atoms with Gasteiger partial charge in [-0.15, -0.1) is 11.3 Å². The second-order valence-corrected chi connectivity index (χ2v) is 8.74. The Bertz CT molecular complexity index is 643. The van der Waals surface area contributed by atoms with Crippen LogP contribution in [-0.4, -0.2) is 31.2 Å². The number of primary amides is 1. The lowest BCUT2D eigenvalue weighted by atomic mass is 9.94. The zero-order valence-electron chi connectivity index (χ0n) is 10.7. The number of thiophene rings is 1. The molecule has 0 radical (unpaired) electrons. The van der Waals surface area contributed by atoms with E-state index in [0.29, 0.717) is 6.54 Å². The van der Waals surface area contributed by atoms with E-state index in [-0.39, 0.29) is 21.1 Å². The summed E-state index contributed by atoms with van der Waals surface area (Å²) in [5.74, 6) is -0.266. The van der Waals surface area contributed by atoms with Crippen LogP contribution in [0.4, 0.5) is 0 Å². The van der Waals surface area contributed by atoms with Crippen molar-refractivity contribution in [2.45, 2.75) is 29.5 Å². The zero-order chi connectivity index (χ0) is 14.5. The van der Waals surface area contributed by atoms with Crippen molar-refractivity contribution in [3.63, 3.8) is 0 Å². The molecule has 8 heteroatoms. The smallest absolute Gasteiger partial charge is 0.254 e. The van der Waals surface area contributed by atoms with Gasteiger partial charge in [0.1, 0.15) is 6.04 Å². The molecule has 0 bridgehead atoms. The normalized spacial score (nSPS) is 30.6. The first kappa shape index (κ1) is 14.3. The summed E-state index contributed by atoms with van der Waals surface area (Å²) in [4.78, 5) is 11.7. The van der Waals surface area contributed by atoms with Gasteiger partial charge in [-0.3, -0.25) is 4.79 Å². The van der Waals surface area contributed by atoms with Crippen LogP contribution in [0.2, 0.25) is 5.02 Å². The quantitative estimate of drug-likeness (QED) is 0.913. The summed E-state index contributed by atoms with van der Waals surface area (Å²) in [6.07, 6.45) is 2.86. The van der Waals surface area contributed by atoms with E-state index in [1.165, 1.54) is 4.31 Å². The molecule has 20 heavy (non-hydrogen) atoms. The van der Waals surface area contributed by atoms with Gasteiger partial charge in [-0.2, -0.15) is 4.31 Å². The van der Waals surface area contributed by atoms with Crippen molar-refractivity contribution < 1.29 is 13.2 Å². The molecule has 1 saturated heterocycles. The fourth-order valence-corrected chi connectivity index (χ4v) is 6.92. The molecule has 0 unspecified atom stereocenters. The van der Waals surface area contributed by atoms with E-state index in [4.69, 9.17) is 17.3 Å². The van der Waals surface area contributed by atoms with Crippen LogP contribution in [-0.2, 0) is 14.8 Å². The zero-order valence-corrected chi connectivity index (χ0v) is 13.0. The molecule has 1 amide bonds. The predicted octanol–water partition coefficient (Wildman–Crippen LogP) is 1.68. The van der Waals surface area contributed by atoms with Gasteiger partial charge < -0.3 is 5.73 Å². The number of sulfonamides is 1. The Morgan fingerprint density at radius 1 is 1.45 bits per heavy atom. The highest BCUT2D eigenvalue weighted by atomic mass is 35.5. The third kappa shape index (κ3) is 2.07. The Hall–Kier alpha value is -0.630. The molecule has 2 heterocycles. The monoisotopic (exact) mass is 334 g/mol. The first-order valence-electron chi connectivity index (χ1n) is 6.47. The van der Waals surface area contributed by atoms with Gasteiger partial charge in [0.25, 0.3) is 10.0 Å². The molecule has 0 aromatic carbocycles. The van der Waals surface area contributed by atoms with Crippen LogP contribution in [0.3, 0.4) is 0 Å². The molecule has 2 aliphatic rings. The molecule has 110 valence electrons. The predicted molar refractivity (Wildman–Crippen MR) is 77.0 cm³/mol. The first-order chi connectivity index (χ1) is 9.43. The summed E-state index contributed by atoms with van der Waals surface area (Å²) in [6.45, 7) is 0.370. The first-order valence-corrected chi connectivity index (χ1v) is 9.17. The summed E-state index contributed by atoms with van der Waals surface area (Å²) in [6, 6.07) is 0.820. The number of halogens is 1. The van der Waals surface area contributed by atoms with Gasteiger partial charge in [0.05, 0.1) is 5.02 Å². The van der Waals surface area contributed by atoms with Crippen LogP contribution in [0, 0.1) is 11.8 Å². The Morgan fingerprint density at radius 3 is 2.80 bits per heavy atom. The highest BCUT2D eigenvalue weighted by molar-refractivity contribution is 7.91. The second kappa shape index (κ2) is 4.98. The van der Waals surface area contributed by atoms with Crippen LogP contribution >= 0.6 is 22.9 Å². The summed E-state index contributed by atoms with van der Waals surface area (Å²) >= 11 is 7.01. The van der Waals surface area contributed by atoms with Gasteiger partial charge in [0, 0.05) is 6.54 Å². The van der Waals surface area contributed by atoms with Gasteiger partial charge in [0.2, 0.25) is 5.91 Å². The minimum Gasteiger partial charge on any atom is -0.368 e. The van der Waals surface area contributed by atoms with E-state index >= 15 is 0 Å². The Kier molecular flexibility index (Phi) is 3.56. The van der Waals surface area contributed by atoms with Crippen LogP contribution < -0.4 is 5.73 Å². The highest BCUT2D eigenvalue weighted by Gasteiger charge is 2.51. The average Bonchev–Trinajstić information content (AvgIpc) is 3.00. The Morgan fingerprint density at radius 2 is 2.20 bits per heavy atom. The summed E-state index contributed by atoms with van der Waals surface area (Å²) in [7, 11) is -3.74. The van der Waals surface area contributed by atoms with Crippen LogP contribution in [0.25, 0.3) is 0 Å². The summed E-state index contributed by atoms with van der Waals surface area (Å²) in [5, 5.41) is 1.83. The Balaban J connectivity index is 2.01. The maximum atomic E-state index is 12.7. The van der Waals surface area contributed by atoms with Crippen molar-refractivity contribution in [3.8, 4) is 0 Å². The number of amides is 1. The number of nitrogens with zero attached hydrogens (tertiary/aromatic N) is 1. The number of rotatable bonds is 3. The van der Waals surface area contributed by atoms with Crippen molar-refractivity contribution in [3.05, 3.63) is 16.5 Å². The van der Waals surface area contributed by atoms with E-state index in [1.807, 2.05) is 0 Å². The van der Waals surface area contributed by atoms with Crippen molar-refractivity contribution >= 4 is 38.9 Å². The van der Waals surface area contributed by atoms with Gasteiger partial charge >= 0.3 is 0 Å². The van der Waals surface area contributed by atoms with Gasteiger partial charge in [-0.25, -0.2) is 8.42 Å².